The second kappa shape index (κ2) is 11.3. The Morgan fingerprint density at radius 1 is 0.350 bits per heavy atom. The quantitative estimate of drug-likeness (QED) is 0.220. The molecule has 2 nitrogen and oxygen atoms in total. The maximum atomic E-state index is 3.71. The fraction of sp³-hybridized carbons (Fsp3) is 0.0526. The van der Waals surface area contributed by atoms with E-state index in [0.29, 0.717) is 0 Å². The van der Waals surface area contributed by atoms with Crippen molar-refractivity contribution in [3.63, 3.8) is 0 Å². The van der Waals surface area contributed by atoms with Gasteiger partial charge in [0.2, 0.25) is 0 Å². The summed E-state index contributed by atoms with van der Waals surface area (Å²) in [5, 5.41) is 7.22. The van der Waals surface area contributed by atoms with Gasteiger partial charge in [-0.2, -0.15) is 0 Å². The molecule has 0 heterocycles. The van der Waals surface area contributed by atoms with Crippen LogP contribution in [0.5, 0.6) is 0 Å². The first kappa shape index (κ1) is 25.2. The van der Waals surface area contributed by atoms with Crippen LogP contribution in [0.2, 0.25) is 0 Å². The maximum absolute atomic E-state index is 3.71. The normalized spacial score (nSPS) is 10.8. The van der Waals surface area contributed by atoms with Gasteiger partial charge in [0.1, 0.15) is 0 Å². The van der Waals surface area contributed by atoms with Gasteiger partial charge in [-0.1, -0.05) is 114 Å². The number of hydrogen-bond acceptors (Lipinski definition) is 2. The summed E-state index contributed by atoms with van der Waals surface area (Å²) in [5.41, 5.74) is 13.9. The first-order valence-electron chi connectivity index (χ1n) is 13.7. The lowest BCUT2D eigenvalue weighted by Crippen LogP contribution is -1.98. The van der Waals surface area contributed by atoms with Crippen LogP contribution >= 0.6 is 0 Å². The fourth-order valence-corrected chi connectivity index (χ4v) is 5.09. The molecule has 6 aromatic rings. The summed E-state index contributed by atoms with van der Waals surface area (Å²) in [6.07, 6.45) is 0. The van der Waals surface area contributed by atoms with E-state index in [2.05, 4.69) is 146 Å². The third kappa shape index (κ3) is 5.52. The summed E-state index contributed by atoms with van der Waals surface area (Å²) in [5.74, 6) is 0. The van der Waals surface area contributed by atoms with E-state index in [9.17, 15) is 0 Å². The molecule has 0 bridgehead atoms. The third-order valence-corrected chi connectivity index (χ3v) is 7.20. The molecule has 0 amide bonds. The van der Waals surface area contributed by atoms with Crippen LogP contribution in [0, 0.1) is 13.8 Å². The SMILES string of the molecule is Cc1ccc(-c2c(Nc3ccccc3)ccc(-c3ccc(Nc4ccccc4)cc3)c2-c2ccc(C)cc2)cc1. The van der Waals surface area contributed by atoms with Crippen molar-refractivity contribution in [2.45, 2.75) is 13.8 Å². The lowest BCUT2D eigenvalue weighted by atomic mass is 9.86. The Bertz CT molecular complexity index is 1700. The Morgan fingerprint density at radius 2 is 0.800 bits per heavy atom. The van der Waals surface area contributed by atoms with Gasteiger partial charge in [-0.05, 0) is 84.1 Å². The van der Waals surface area contributed by atoms with Crippen LogP contribution < -0.4 is 10.6 Å². The van der Waals surface area contributed by atoms with Crippen molar-refractivity contribution in [1.82, 2.24) is 0 Å². The number of aryl methyl sites for hydroxylation is 2. The zero-order chi connectivity index (χ0) is 27.3. The largest absolute Gasteiger partial charge is 0.356 e. The van der Waals surface area contributed by atoms with E-state index in [4.69, 9.17) is 0 Å². The summed E-state index contributed by atoms with van der Waals surface area (Å²) >= 11 is 0. The van der Waals surface area contributed by atoms with Gasteiger partial charge in [0.05, 0.1) is 0 Å². The zero-order valence-electron chi connectivity index (χ0n) is 22.9. The topological polar surface area (TPSA) is 24.1 Å². The van der Waals surface area contributed by atoms with Crippen molar-refractivity contribution in [1.29, 1.82) is 0 Å². The molecule has 0 aromatic heterocycles. The van der Waals surface area contributed by atoms with Gasteiger partial charge in [0.15, 0.2) is 0 Å². The van der Waals surface area contributed by atoms with Crippen LogP contribution in [0.25, 0.3) is 33.4 Å². The first-order valence-corrected chi connectivity index (χ1v) is 13.7. The molecule has 6 rings (SSSR count). The van der Waals surface area contributed by atoms with Crippen LogP contribution in [-0.4, -0.2) is 0 Å². The smallest absolute Gasteiger partial charge is 0.0470 e. The second-order valence-electron chi connectivity index (χ2n) is 10.2. The second-order valence-corrected chi connectivity index (χ2v) is 10.2. The zero-order valence-corrected chi connectivity index (χ0v) is 22.9. The molecular formula is C38H32N2. The van der Waals surface area contributed by atoms with Gasteiger partial charge >= 0.3 is 0 Å². The number of hydrogen-bond donors (Lipinski definition) is 2. The third-order valence-electron chi connectivity index (χ3n) is 7.20. The summed E-state index contributed by atoms with van der Waals surface area (Å²) < 4.78 is 0. The number of para-hydroxylation sites is 2. The molecule has 0 aliphatic rings. The van der Waals surface area contributed by atoms with Crippen LogP contribution in [-0.2, 0) is 0 Å². The molecule has 2 N–H and O–H groups in total. The highest BCUT2D eigenvalue weighted by Gasteiger charge is 2.19. The van der Waals surface area contributed by atoms with Crippen molar-refractivity contribution in [3.05, 3.63) is 157 Å². The molecule has 2 heteroatoms. The minimum Gasteiger partial charge on any atom is -0.356 e. The molecule has 0 spiro atoms. The van der Waals surface area contributed by atoms with E-state index in [1.807, 2.05) is 24.3 Å². The predicted octanol–water partition coefficient (Wildman–Crippen LogP) is 10.8. The monoisotopic (exact) mass is 516 g/mol. The molecule has 0 aliphatic heterocycles. The van der Waals surface area contributed by atoms with Crippen LogP contribution in [0.4, 0.5) is 22.7 Å². The van der Waals surface area contributed by atoms with E-state index in [0.717, 1.165) is 22.7 Å². The summed E-state index contributed by atoms with van der Waals surface area (Å²) in [6, 6.07) is 51.6. The molecule has 0 radical (unpaired) electrons. The molecule has 0 fully saturated rings. The molecule has 40 heavy (non-hydrogen) atoms. The lowest BCUT2D eigenvalue weighted by Gasteiger charge is -2.21. The van der Waals surface area contributed by atoms with Crippen molar-refractivity contribution in [2.75, 3.05) is 10.6 Å². The van der Waals surface area contributed by atoms with Crippen LogP contribution in [0.1, 0.15) is 11.1 Å². The Hall–Kier alpha value is -5.08. The molecule has 0 aliphatic carbocycles. The number of nitrogens with one attached hydrogen (secondary N) is 2. The van der Waals surface area contributed by atoms with Gasteiger partial charge in [-0.3, -0.25) is 0 Å². The molecule has 0 unspecified atom stereocenters. The fourth-order valence-electron chi connectivity index (χ4n) is 5.09. The minimum atomic E-state index is 1.06. The predicted molar refractivity (Wildman–Crippen MR) is 172 cm³/mol. The first-order chi connectivity index (χ1) is 19.6. The van der Waals surface area contributed by atoms with E-state index in [1.165, 1.54) is 44.5 Å². The van der Waals surface area contributed by atoms with Gasteiger partial charge in [0.25, 0.3) is 0 Å². The van der Waals surface area contributed by atoms with Crippen molar-refractivity contribution < 1.29 is 0 Å². The Balaban J connectivity index is 1.53. The van der Waals surface area contributed by atoms with Crippen molar-refractivity contribution in [2.24, 2.45) is 0 Å². The van der Waals surface area contributed by atoms with E-state index in [1.54, 1.807) is 0 Å². The maximum Gasteiger partial charge on any atom is 0.0470 e. The Kier molecular flexibility index (Phi) is 7.15. The highest BCUT2D eigenvalue weighted by atomic mass is 14.9. The number of rotatable bonds is 7. The highest BCUT2D eigenvalue weighted by Crippen LogP contribution is 2.45. The van der Waals surface area contributed by atoms with Gasteiger partial charge in [-0.25, -0.2) is 0 Å². The molecule has 0 saturated carbocycles. The summed E-state index contributed by atoms with van der Waals surface area (Å²) in [4.78, 5) is 0. The van der Waals surface area contributed by atoms with E-state index in [-0.39, 0.29) is 0 Å². The standard InChI is InChI=1S/C38H32N2/c1-27-13-17-30(18-14-27)37-35(29-21-23-34(24-22-29)39-32-9-5-3-6-10-32)25-26-36(40-33-11-7-4-8-12-33)38(37)31-19-15-28(2)16-20-31/h3-26,39-40H,1-2H3. The van der Waals surface area contributed by atoms with Gasteiger partial charge < -0.3 is 10.6 Å². The lowest BCUT2D eigenvalue weighted by molar-refractivity contribution is 1.45. The highest BCUT2D eigenvalue weighted by molar-refractivity contribution is 6.01. The van der Waals surface area contributed by atoms with Crippen molar-refractivity contribution in [3.8, 4) is 33.4 Å². The molecule has 194 valence electrons. The summed E-state index contributed by atoms with van der Waals surface area (Å²) in [7, 11) is 0. The molecular weight excluding hydrogens is 484 g/mol. The number of anilines is 4. The molecule has 0 saturated heterocycles. The average molecular weight is 517 g/mol. The molecule has 0 atom stereocenters. The van der Waals surface area contributed by atoms with Crippen LogP contribution in [0.15, 0.2) is 146 Å². The van der Waals surface area contributed by atoms with E-state index >= 15 is 0 Å². The van der Waals surface area contributed by atoms with Gasteiger partial charge in [-0.15, -0.1) is 0 Å². The average Bonchev–Trinajstić information content (AvgIpc) is 2.99. The summed E-state index contributed by atoms with van der Waals surface area (Å²) in [6.45, 7) is 4.27. The Morgan fingerprint density at radius 3 is 1.35 bits per heavy atom. The van der Waals surface area contributed by atoms with Crippen molar-refractivity contribution >= 4 is 22.7 Å². The molecule has 6 aromatic carbocycles. The van der Waals surface area contributed by atoms with Crippen LogP contribution in [0.3, 0.4) is 0 Å². The van der Waals surface area contributed by atoms with Gasteiger partial charge in [0, 0.05) is 28.3 Å². The Labute approximate surface area is 237 Å². The number of benzene rings is 6. The van der Waals surface area contributed by atoms with E-state index < -0.39 is 0 Å². The minimum absolute atomic E-state index is 1.06.